The van der Waals surface area contributed by atoms with Gasteiger partial charge in [0.25, 0.3) is 0 Å². The quantitative estimate of drug-likeness (QED) is 0.760. The second-order valence-corrected chi connectivity index (χ2v) is 4.70. The minimum Gasteiger partial charge on any atom is -0.469 e. The fourth-order valence-electron chi connectivity index (χ4n) is 2.88. The summed E-state index contributed by atoms with van der Waals surface area (Å²) in [5.74, 6) is 1.73. The topological polar surface area (TPSA) is 34.4 Å². The second kappa shape index (κ2) is 3.35. The van der Waals surface area contributed by atoms with Gasteiger partial charge in [-0.25, -0.2) is 0 Å². The van der Waals surface area contributed by atoms with Gasteiger partial charge in [-0.15, -0.1) is 0 Å². The van der Waals surface area contributed by atoms with Crippen LogP contribution in [0.25, 0.3) is 0 Å². The minimum atomic E-state index is 0.0527. The van der Waals surface area contributed by atoms with Crippen LogP contribution >= 0.6 is 0 Å². The Morgan fingerprint density at radius 1 is 1.53 bits per heavy atom. The molecule has 0 spiro atoms. The van der Waals surface area contributed by atoms with Crippen molar-refractivity contribution in [2.45, 2.75) is 25.3 Å². The lowest BCUT2D eigenvalue weighted by atomic mass is 9.77. The van der Waals surface area contributed by atoms with E-state index in [2.05, 4.69) is 18.3 Å². The van der Waals surface area contributed by atoms with E-state index in [0.717, 1.165) is 38.4 Å². The first kappa shape index (κ1) is 9.43. The predicted octanol–water partition coefficient (Wildman–Crippen LogP) is 1.68. The average Bonchev–Trinajstić information content (AvgIpc) is 2.89. The third kappa shape index (κ3) is 1.34. The molecular formula is C12H17NO2. The van der Waals surface area contributed by atoms with E-state index in [1.54, 1.807) is 0 Å². The summed E-state index contributed by atoms with van der Waals surface area (Å²) in [4.78, 5) is 0. The molecule has 3 nitrogen and oxygen atoms in total. The highest BCUT2D eigenvalue weighted by Crippen LogP contribution is 2.39. The SMILES string of the molecule is CC1(C2CCOC2)NCCc2occc21. The van der Waals surface area contributed by atoms with Gasteiger partial charge in [0.15, 0.2) is 0 Å². The Hall–Kier alpha value is -0.800. The van der Waals surface area contributed by atoms with Crippen LogP contribution in [0.4, 0.5) is 0 Å². The Morgan fingerprint density at radius 3 is 3.27 bits per heavy atom. The van der Waals surface area contributed by atoms with E-state index in [1.165, 1.54) is 5.56 Å². The van der Waals surface area contributed by atoms with E-state index in [9.17, 15) is 0 Å². The summed E-state index contributed by atoms with van der Waals surface area (Å²) in [5.41, 5.74) is 1.39. The molecular weight excluding hydrogens is 190 g/mol. The highest BCUT2D eigenvalue weighted by Gasteiger charge is 2.42. The Kier molecular flexibility index (Phi) is 2.11. The molecule has 0 bridgehead atoms. The molecule has 1 N–H and O–H groups in total. The molecule has 0 aromatic carbocycles. The van der Waals surface area contributed by atoms with Gasteiger partial charge in [0, 0.05) is 36.6 Å². The smallest absolute Gasteiger partial charge is 0.110 e. The lowest BCUT2D eigenvalue weighted by Gasteiger charge is -2.39. The van der Waals surface area contributed by atoms with Crippen molar-refractivity contribution in [2.75, 3.05) is 19.8 Å². The number of hydrogen-bond donors (Lipinski definition) is 1. The molecule has 3 heteroatoms. The summed E-state index contributed by atoms with van der Waals surface area (Å²) in [5, 5.41) is 3.64. The van der Waals surface area contributed by atoms with Crippen molar-refractivity contribution in [3.05, 3.63) is 23.7 Å². The van der Waals surface area contributed by atoms with E-state index in [0.29, 0.717) is 5.92 Å². The number of furan rings is 1. The zero-order chi connectivity index (χ0) is 10.3. The number of rotatable bonds is 1. The minimum absolute atomic E-state index is 0.0527. The van der Waals surface area contributed by atoms with Gasteiger partial charge in [-0.05, 0) is 19.4 Å². The predicted molar refractivity (Wildman–Crippen MR) is 56.7 cm³/mol. The molecule has 2 atom stereocenters. The Labute approximate surface area is 89.8 Å². The first-order chi connectivity index (χ1) is 7.31. The van der Waals surface area contributed by atoms with Crippen LogP contribution < -0.4 is 5.32 Å². The molecule has 0 saturated carbocycles. The highest BCUT2D eigenvalue weighted by atomic mass is 16.5. The highest BCUT2D eigenvalue weighted by molar-refractivity contribution is 5.30. The van der Waals surface area contributed by atoms with Gasteiger partial charge >= 0.3 is 0 Å². The lowest BCUT2D eigenvalue weighted by molar-refractivity contribution is 0.147. The second-order valence-electron chi connectivity index (χ2n) is 4.70. The maximum absolute atomic E-state index is 5.53. The summed E-state index contributed by atoms with van der Waals surface area (Å²) >= 11 is 0. The molecule has 82 valence electrons. The molecule has 3 rings (SSSR count). The number of nitrogens with one attached hydrogen (secondary N) is 1. The third-order valence-electron chi connectivity index (χ3n) is 3.90. The average molecular weight is 207 g/mol. The van der Waals surface area contributed by atoms with Gasteiger partial charge < -0.3 is 14.5 Å². The molecule has 2 unspecified atom stereocenters. The number of fused-ring (bicyclic) bond motifs is 1. The molecule has 1 fully saturated rings. The van der Waals surface area contributed by atoms with E-state index in [1.807, 2.05) is 6.26 Å². The molecule has 2 aliphatic heterocycles. The van der Waals surface area contributed by atoms with Crippen molar-refractivity contribution in [3.63, 3.8) is 0 Å². The molecule has 0 radical (unpaired) electrons. The molecule has 1 aromatic heterocycles. The van der Waals surface area contributed by atoms with Crippen molar-refractivity contribution in [1.82, 2.24) is 5.32 Å². The molecule has 1 saturated heterocycles. The lowest BCUT2D eigenvalue weighted by Crippen LogP contribution is -2.50. The fraction of sp³-hybridized carbons (Fsp3) is 0.667. The molecule has 3 heterocycles. The summed E-state index contributed by atoms with van der Waals surface area (Å²) in [6.07, 6.45) is 3.96. The fourth-order valence-corrected chi connectivity index (χ4v) is 2.88. The van der Waals surface area contributed by atoms with Gasteiger partial charge in [0.2, 0.25) is 0 Å². The van der Waals surface area contributed by atoms with Crippen LogP contribution in [0.5, 0.6) is 0 Å². The van der Waals surface area contributed by atoms with E-state index >= 15 is 0 Å². The van der Waals surface area contributed by atoms with Crippen molar-refractivity contribution in [1.29, 1.82) is 0 Å². The molecule has 2 aliphatic rings. The molecule has 1 aromatic rings. The molecule has 0 aliphatic carbocycles. The van der Waals surface area contributed by atoms with Crippen LogP contribution in [0.3, 0.4) is 0 Å². The van der Waals surface area contributed by atoms with E-state index < -0.39 is 0 Å². The van der Waals surface area contributed by atoms with Gasteiger partial charge in [0.05, 0.1) is 12.9 Å². The maximum Gasteiger partial charge on any atom is 0.110 e. The van der Waals surface area contributed by atoms with Crippen molar-refractivity contribution in [2.24, 2.45) is 5.92 Å². The summed E-state index contributed by atoms with van der Waals surface area (Å²) < 4.78 is 11.0. The summed E-state index contributed by atoms with van der Waals surface area (Å²) in [7, 11) is 0. The summed E-state index contributed by atoms with van der Waals surface area (Å²) in [6.45, 7) is 5.05. The molecule has 15 heavy (non-hydrogen) atoms. The monoisotopic (exact) mass is 207 g/mol. The Morgan fingerprint density at radius 2 is 2.47 bits per heavy atom. The van der Waals surface area contributed by atoms with E-state index in [4.69, 9.17) is 9.15 Å². The maximum atomic E-state index is 5.53. The first-order valence-corrected chi connectivity index (χ1v) is 5.70. The number of ether oxygens (including phenoxy) is 1. The Balaban J connectivity index is 1.99. The van der Waals surface area contributed by atoms with Crippen molar-refractivity contribution < 1.29 is 9.15 Å². The van der Waals surface area contributed by atoms with Crippen LogP contribution in [0.15, 0.2) is 16.7 Å². The van der Waals surface area contributed by atoms with Crippen molar-refractivity contribution >= 4 is 0 Å². The van der Waals surface area contributed by atoms with Crippen LogP contribution in [0.2, 0.25) is 0 Å². The number of hydrogen-bond acceptors (Lipinski definition) is 3. The third-order valence-corrected chi connectivity index (χ3v) is 3.90. The van der Waals surface area contributed by atoms with Crippen LogP contribution in [-0.2, 0) is 16.7 Å². The van der Waals surface area contributed by atoms with Gasteiger partial charge in [0.1, 0.15) is 5.76 Å². The van der Waals surface area contributed by atoms with Crippen LogP contribution in [0, 0.1) is 5.92 Å². The van der Waals surface area contributed by atoms with Crippen molar-refractivity contribution in [3.8, 4) is 0 Å². The van der Waals surface area contributed by atoms with Gasteiger partial charge in [-0.3, -0.25) is 0 Å². The van der Waals surface area contributed by atoms with Gasteiger partial charge in [-0.1, -0.05) is 0 Å². The summed E-state index contributed by atoms with van der Waals surface area (Å²) in [6, 6.07) is 2.11. The van der Waals surface area contributed by atoms with Crippen LogP contribution in [-0.4, -0.2) is 19.8 Å². The largest absolute Gasteiger partial charge is 0.469 e. The normalized spacial score (nSPS) is 35.4. The Bertz CT molecular complexity index is 354. The zero-order valence-corrected chi connectivity index (χ0v) is 9.08. The first-order valence-electron chi connectivity index (χ1n) is 5.70. The zero-order valence-electron chi connectivity index (χ0n) is 9.08. The molecule has 0 amide bonds. The van der Waals surface area contributed by atoms with Gasteiger partial charge in [-0.2, -0.15) is 0 Å². The van der Waals surface area contributed by atoms with E-state index in [-0.39, 0.29) is 5.54 Å². The standard InChI is InChI=1S/C12H17NO2/c1-12(9-3-6-14-8-9)10-4-7-15-11(10)2-5-13-12/h4,7,9,13H,2-3,5-6,8H2,1H3. The van der Waals surface area contributed by atoms with Crippen LogP contribution in [0.1, 0.15) is 24.7 Å².